The lowest BCUT2D eigenvalue weighted by molar-refractivity contribution is 0.0731. The van der Waals surface area contributed by atoms with Gasteiger partial charge < -0.3 is 5.32 Å². The van der Waals surface area contributed by atoms with Crippen LogP contribution in [0.15, 0.2) is 0 Å². The minimum absolute atomic E-state index is 0.168. The zero-order valence-corrected chi connectivity index (χ0v) is 9.32. The Labute approximate surface area is 85.3 Å². The Morgan fingerprint density at radius 2 is 1.93 bits per heavy atom. The first-order chi connectivity index (χ1) is 6.43. The summed E-state index contributed by atoms with van der Waals surface area (Å²) in [7, 11) is 0. The lowest BCUT2D eigenvalue weighted by atomic mass is 9.73. The van der Waals surface area contributed by atoms with Gasteiger partial charge in [-0.1, -0.05) is 26.7 Å². The van der Waals surface area contributed by atoms with Gasteiger partial charge in [-0.2, -0.15) is 0 Å². The van der Waals surface area contributed by atoms with Crippen LogP contribution in [0.4, 0.5) is 8.78 Å². The minimum atomic E-state index is -2.26. The van der Waals surface area contributed by atoms with E-state index in [9.17, 15) is 8.78 Å². The molecule has 1 saturated carbocycles. The molecular weight excluding hydrogens is 184 g/mol. The molecule has 14 heavy (non-hydrogen) atoms. The molecule has 0 amide bonds. The maximum absolute atomic E-state index is 12.4. The van der Waals surface area contributed by atoms with Crippen LogP contribution in [-0.2, 0) is 0 Å². The number of alkyl halides is 2. The van der Waals surface area contributed by atoms with E-state index in [4.69, 9.17) is 0 Å². The second-order valence-corrected chi connectivity index (χ2v) is 5.08. The molecule has 84 valence electrons. The highest BCUT2D eigenvalue weighted by Gasteiger charge is 2.33. The summed E-state index contributed by atoms with van der Waals surface area (Å²) in [6.07, 6.45) is 2.31. The van der Waals surface area contributed by atoms with Gasteiger partial charge in [-0.15, -0.1) is 0 Å². The molecule has 0 radical (unpaired) electrons. The third-order valence-electron chi connectivity index (χ3n) is 3.35. The van der Waals surface area contributed by atoms with Gasteiger partial charge in [-0.3, -0.25) is 0 Å². The van der Waals surface area contributed by atoms with Gasteiger partial charge in [0.1, 0.15) is 0 Å². The van der Waals surface area contributed by atoms with E-state index in [1.54, 1.807) is 6.92 Å². The van der Waals surface area contributed by atoms with E-state index in [1.165, 1.54) is 6.42 Å². The standard InChI is InChI=1S/C11H21F2N/c1-8(10(12)13)14-9-6-4-5-7-11(9,2)3/h8-10,14H,4-7H2,1-3H3. The number of nitrogens with one attached hydrogen (secondary N) is 1. The summed E-state index contributed by atoms with van der Waals surface area (Å²) in [6.45, 7) is 5.90. The van der Waals surface area contributed by atoms with Crippen molar-refractivity contribution in [1.82, 2.24) is 5.32 Å². The van der Waals surface area contributed by atoms with Gasteiger partial charge in [-0.05, 0) is 25.2 Å². The lowest BCUT2D eigenvalue weighted by Gasteiger charge is -2.40. The van der Waals surface area contributed by atoms with Crippen LogP contribution in [0.25, 0.3) is 0 Å². The highest BCUT2D eigenvalue weighted by molar-refractivity contribution is 4.89. The predicted molar refractivity (Wildman–Crippen MR) is 54.6 cm³/mol. The average molecular weight is 205 g/mol. The highest BCUT2D eigenvalue weighted by atomic mass is 19.3. The minimum Gasteiger partial charge on any atom is -0.306 e. The van der Waals surface area contributed by atoms with Gasteiger partial charge in [0, 0.05) is 6.04 Å². The monoisotopic (exact) mass is 205 g/mol. The van der Waals surface area contributed by atoms with Gasteiger partial charge >= 0.3 is 0 Å². The van der Waals surface area contributed by atoms with Crippen LogP contribution >= 0.6 is 0 Å². The molecule has 0 heterocycles. The molecule has 1 nitrogen and oxygen atoms in total. The average Bonchev–Trinajstić information content (AvgIpc) is 2.08. The summed E-state index contributed by atoms with van der Waals surface area (Å²) >= 11 is 0. The van der Waals surface area contributed by atoms with Crippen LogP contribution in [-0.4, -0.2) is 18.5 Å². The normalized spacial score (nSPS) is 29.1. The second-order valence-electron chi connectivity index (χ2n) is 5.08. The molecule has 0 aromatic rings. The van der Waals surface area contributed by atoms with E-state index in [1.807, 2.05) is 0 Å². The summed E-state index contributed by atoms with van der Waals surface area (Å²) in [4.78, 5) is 0. The van der Waals surface area contributed by atoms with Crippen LogP contribution in [0.3, 0.4) is 0 Å². The molecule has 0 aliphatic heterocycles. The Balaban J connectivity index is 2.49. The van der Waals surface area contributed by atoms with Crippen molar-refractivity contribution in [1.29, 1.82) is 0 Å². The summed E-state index contributed by atoms with van der Waals surface area (Å²) in [5.41, 5.74) is 0.168. The third kappa shape index (κ3) is 2.91. The summed E-state index contributed by atoms with van der Waals surface area (Å²) in [5.74, 6) is 0. The van der Waals surface area contributed by atoms with Gasteiger partial charge in [0.15, 0.2) is 0 Å². The molecule has 0 aromatic carbocycles. The molecule has 1 N–H and O–H groups in total. The van der Waals surface area contributed by atoms with Crippen molar-refractivity contribution in [3.05, 3.63) is 0 Å². The Kier molecular flexibility index (Phi) is 3.87. The largest absolute Gasteiger partial charge is 0.306 e. The molecule has 0 saturated heterocycles. The van der Waals surface area contributed by atoms with Crippen molar-refractivity contribution in [2.45, 2.75) is 65.0 Å². The zero-order valence-electron chi connectivity index (χ0n) is 9.32. The summed E-state index contributed by atoms with van der Waals surface area (Å²) < 4.78 is 24.7. The lowest BCUT2D eigenvalue weighted by Crippen LogP contribution is -2.49. The van der Waals surface area contributed by atoms with Crippen molar-refractivity contribution >= 4 is 0 Å². The number of hydrogen-bond donors (Lipinski definition) is 1. The SMILES string of the molecule is CC(NC1CCCCC1(C)C)C(F)F. The molecule has 0 bridgehead atoms. The number of halogens is 2. The van der Waals surface area contributed by atoms with Gasteiger partial charge in [0.25, 0.3) is 6.43 Å². The molecule has 2 unspecified atom stereocenters. The Hall–Kier alpha value is -0.180. The first-order valence-electron chi connectivity index (χ1n) is 5.47. The molecule has 1 fully saturated rings. The van der Waals surface area contributed by atoms with Crippen molar-refractivity contribution in [3.63, 3.8) is 0 Å². The molecule has 2 atom stereocenters. The number of rotatable bonds is 3. The van der Waals surface area contributed by atoms with E-state index < -0.39 is 12.5 Å². The fraction of sp³-hybridized carbons (Fsp3) is 1.00. The first kappa shape index (κ1) is 11.9. The van der Waals surface area contributed by atoms with Crippen LogP contribution in [0.1, 0.15) is 46.5 Å². The van der Waals surface area contributed by atoms with Crippen LogP contribution in [0.2, 0.25) is 0 Å². The fourth-order valence-electron chi connectivity index (χ4n) is 2.19. The maximum atomic E-state index is 12.4. The Morgan fingerprint density at radius 1 is 1.29 bits per heavy atom. The third-order valence-corrected chi connectivity index (χ3v) is 3.35. The van der Waals surface area contributed by atoms with Crippen LogP contribution < -0.4 is 5.32 Å². The van der Waals surface area contributed by atoms with Crippen molar-refractivity contribution in [3.8, 4) is 0 Å². The van der Waals surface area contributed by atoms with E-state index in [-0.39, 0.29) is 11.5 Å². The highest BCUT2D eigenvalue weighted by Crippen LogP contribution is 2.35. The zero-order chi connectivity index (χ0) is 10.8. The van der Waals surface area contributed by atoms with Crippen molar-refractivity contribution in [2.24, 2.45) is 5.41 Å². The van der Waals surface area contributed by atoms with Crippen LogP contribution in [0, 0.1) is 5.41 Å². The topological polar surface area (TPSA) is 12.0 Å². The first-order valence-corrected chi connectivity index (χ1v) is 5.47. The molecule has 0 spiro atoms. The van der Waals surface area contributed by atoms with Gasteiger partial charge in [-0.25, -0.2) is 8.78 Å². The second kappa shape index (κ2) is 4.56. The van der Waals surface area contributed by atoms with Crippen molar-refractivity contribution in [2.75, 3.05) is 0 Å². The molecule has 3 heteroatoms. The Bertz CT molecular complexity index is 180. The molecule has 0 aromatic heterocycles. The molecule has 1 rings (SSSR count). The fourth-order valence-corrected chi connectivity index (χ4v) is 2.19. The summed E-state index contributed by atoms with van der Waals surface area (Å²) in [5, 5.41) is 3.06. The predicted octanol–water partition coefficient (Wildman–Crippen LogP) is 3.20. The van der Waals surface area contributed by atoms with Gasteiger partial charge in [0.2, 0.25) is 0 Å². The van der Waals surface area contributed by atoms with E-state index in [0.717, 1.165) is 19.3 Å². The molecular formula is C11H21F2N. The van der Waals surface area contributed by atoms with Crippen molar-refractivity contribution < 1.29 is 8.78 Å². The van der Waals surface area contributed by atoms with Crippen LogP contribution in [0.5, 0.6) is 0 Å². The molecule has 1 aliphatic carbocycles. The van der Waals surface area contributed by atoms with E-state index in [0.29, 0.717) is 0 Å². The maximum Gasteiger partial charge on any atom is 0.253 e. The quantitative estimate of drug-likeness (QED) is 0.746. The Morgan fingerprint density at radius 3 is 2.43 bits per heavy atom. The molecule has 1 aliphatic rings. The van der Waals surface area contributed by atoms with Gasteiger partial charge in [0.05, 0.1) is 6.04 Å². The summed E-state index contributed by atoms with van der Waals surface area (Å²) in [6, 6.07) is -0.433. The van der Waals surface area contributed by atoms with E-state index >= 15 is 0 Å². The number of hydrogen-bond acceptors (Lipinski definition) is 1. The smallest absolute Gasteiger partial charge is 0.253 e. The van der Waals surface area contributed by atoms with E-state index in [2.05, 4.69) is 19.2 Å².